The lowest BCUT2D eigenvalue weighted by Crippen LogP contribution is -2.28. The molecule has 42 heavy (non-hydrogen) atoms. The van der Waals surface area contributed by atoms with Gasteiger partial charge >= 0.3 is 0 Å². The lowest BCUT2D eigenvalue weighted by atomic mass is 10.1. The summed E-state index contributed by atoms with van der Waals surface area (Å²) in [5, 5.41) is 13.7. The lowest BCUT2D eigenvalue weighted by molar-refractivity contribution is -0.134. The second kappa shape index (κ2) is 14.8. The highest BCUT2D eigenvalue weighted by Crippen LogP contribution is 2.25. The largest absolute Gasteiger partial charge is 0.481 e. The minimum atomic E-state index is -0.833. The molecule has 0 radical (unpaired) electrons. The molecule has 218 valence electrons. The fourth-order valence-corrected chi connectivity index (χ4v) is 4.53. The van der Waals surface area contributed by atoms with Crippen LogP contribution in [0.25, 0.3) is 11.3 Å². The van der Waals surface area contributed by atoms with E-state index in [0.717, 1.165) is 62.2 Å². The fourth-order valence-electron chi connectivity index (χ4n) is 4.53. The van der Waals surface area contributed by atoms with Gasteiger partial charge in [0.1, 0.15) is 0 Å². The highest BCUT2D eigenvalue weighted by Gasteiger charge is 2.13. The second-order valence-corrected chi connectivity index (χ2v) is 10.3. The third-order valence-electron chi connectivity index (χ3n) is 6.79. The number of likely N-dealkylation sites (N-methyl/N-ethyl adjacent to an activating group) is 1. The molecule has 0 spiro atoms. The van der Waals surface area contributed by atoms with Crippen LogP contribution < -0.4 is 10.6 Å². The number of anilines is 3. The number of rotatable bonds is 7. The Kier molecular flexibility index (Phi) is 10.7. The summed E-state index contributed by atoms with van der Waals surface area (Å²) in [5.41, 5.74) is 6.09. The van der Waals surface area contributed by atoms with E-state index in [1.54, 1.807) is 18.6 Å². The van der Waals surface area contributed by atoms with E-state index in [1.807, 2.05) is 55.5 Å². The summed E-state index contributed by atoms with van der Waals surface area (Å²) >= 11 is 0. The van der Waals surface area contributed by atoms with Crippen LogP contribution in [0.4, 0.5) is 17.3 Å². The van der Waals surface area contributed by atoms with Crippen LogP contribution in [0.3, 0.4) is 0 Å². The maximum atomic E-state index is 13.0. The van der Waals surface area contributed by atoms with Gasteiger partial charge in [-0.15, -0.1) is 0 Å². The third-order valence-corrected chi connectivity index (χ3v) is 6.79. The quantitative estimate of drug-likeness (QED) is 0.281. The minimum absolute atomic E-state index is 0.141. The Bertz CT molecular complexity index is 1480. The number of carbonyl (C=O) groups is 2. The smallest absolute Gasteiger partial charge is 0.300 e. The molecule has 1 amide bonds. The first-order valence-corrected chi connectivity index (χ1v) is 13.9. The van der Waals surface area contributed by atoms with Crippen LogP contribution in [-0.4, -0.2) is 75.0 Å². The number of carboxylic acids is 1. The number of nitrogens with one attached hydrogen (secondary N) is 2. The summed E-state index contributed by atoms with van der Waals surface area (Å²) in [7, 11) is 2.18. The van der Waals surface area contributed by atoms with Gasteiger partial charge in [0.2, 0.25) is 5.95 Å². The van der Waals surface area contributed by atoms with Crippen molar-refractivity contribution in [1.82, 2.24) is 24.8 Å². The van der Waals surface area contributed by atoms with Crippen molar-refractivity contribution in [2.75, 3.05) is 43.9 Å². The molecule has 1 aliphatic heterocycles. The molecule has 0 saturated carbocycles. The predicted octanol–water partition coefficient (Wildman–Crippen LogP) is 5.07. The summed E-state index contributed by atoms with van der Waals surface area (Å²) in [6.45, 7) is 8.41. The molecule has 10 nitrogen and oxygen atoms in total. The Labute approximate surface area is 246 Å². The SMILES string of the molecule is CC(=O)O.Cc1ccc(NC(=O)c2ccc(CN3CCCN(C)CC3)cc2)cc1Nc1nccc(-c2cccnc2)n1. The molecule has 0 aliphatic carbocycles. The zero-order chi connectivity index (χ0) is 29.9. The minimum Gasteiger partial charge on any atom is -0.481 e. The maximum absolute atomic E-state index is 13.0. The molecule has 10 heteroatoms. The van der Waals surface area contributed by atoms with Gasteiger partial charge in [-0.25, -0.2) is 9.97 Å². The molecule has 0 atom stereocenters. The van der Waals surface area contributed by atoms with Crippen molar-refractivity contribution in [2.24, 2.45) is 0 Å². The zero-order valence-corrected chi connectivity index (χ0v) is 24.2. The summed E-state index contributed by atoms with van der Waals surface area (Å²) in [6.07, 6.45) is 6.41. The van der Waals surface area contributed by atoms with Crippen molar-refractivity contribution < 1.29 is 14.7 Å². The standard InChI is InChI=1S/C30H33N7O.C2H4O2/c1-22-6-11-26(19-28(22)35-30-32-14-12-27(34-30)25-5-3-13-31-20-25)33-29(38)24-9-7-23(8-10-24)21-37-16-4-15-36(2)17-18-37;1-2(3)4/h3,5-14,19-20H,4,15-18,21H2,1-2H3,(H,33,38)(H,32,34,35);1H3,(H,3,4). The second-order valence-electron chi connectivity index (χ2n) is 10.3. The molecule has 1 saturated heterocycles. The highest BCUT2D eigenvalue weighted by atomic mass is 16.4. The number of hydrogen-bond acceptors (Lipinski definition) is 8. The molecule has 3 heterocycles. The van der Waals surface area contributed by atoms with Crippen molar-refractivity contribution in [2.45, 2.75) is 26.8 Å². The van der Waals surface area contributed by atoms with Crippen LogP contribution in [0.5, 0.6) is 0 Å². The summed E-state index contributed by atoms with van der Waals surface area (Å²) < 4.78 is 0. The average Bonchev–Trinajstić information content (AvgIpc) is 3.19. The van der Waals surface area contributed by atoms with Gasteiger partial charge in [-0.1, -0.05) is 18.2 Å². The van der Waals surface area contributed by atoms with Crippen LogP contribution in [0, 0.1) is 6.92 Å². The van der Waals surface area contributed by atoms with Gasteiger partial charge < -0.3 is 20.6 Å². The average molecular weight is 568 g/mol. The maximum Gasteiger partial charge on any atom is 0.300 e. The number of aryl methyl sites for hydroxylation is 1. The van der Waals surface area contributed by atoms with E-state index in [9.17, 15) is 4.79 Å². The van der Waals surface area contributed by atoms with Crippen molar-refractivity contribution in [3.8, 4) is 11.3 Å². The van der Waals surface area contributed by atoms with Crippen LogP contribution in [0.15, 0.2) is 79.3 Å². The Morgan fingerprint density at radius 3 is 2.50 bits per heavy atom. The first-order valence-electron chi connectivity index (χ1n) is 13.9. The monoisotopic (exact) mass is 567 g/mol. The Morgan fingerprint density at radius 1 is 0.976 bits per heavy atom. The van der Waals surface area contributed by atoms with Gasteiger partial charge in [0, 0.05) is 67.7 Å². The molecule has 3 N–H and O–H groups in total. The number of pyridine rings is 1. The molecule has 0 bridgehead atoms. The van der Waals surface area contributed by atoms with Crippen molar-refractivity contribution >= 4 is 29.2 Å². The molecule has 4 aromatic rings. The van der Waals surface area contributed by atoms with Crippen LogP contribution in [-0.2, 0) is 11.3 Å². The molecule has 1 fully saturated rings. The van der Waals surface area contributed by atoms with E-state index < -0.39 is 5.97 Å². The lowest BCUT2D eigenvalue weighted by Gasteiger charge is -2.20. The van der Waals surface area contributed by atoms with E-state index in [4.69, 9.17) is 9.90 Å². The normalized spacial score (nSPS) is 13.8. The van der Waals surface area contributed by atoms with E-state index in [1.165, 1.54) is 12.0 Å². The molecular formula is C32H37N7O3. The Balaban J connectivity index is 0.000000952. The molecule has 5 rings (SSSR count). The van der Waals surface area contributed by atoms with Gasteiger partial charge in [-0.3, -0.25) is 19.5 Å². The number of aromatic nitrogens is 3. The zero-order valence-electron chi connectivity index (χ0n) is 24.2. The fraction of sp³-hybridized carbons (Fsp3) is 0.281. The van der Waals surface area contributed by atoms with Crippen LogP contribution >= 0.6 is 0 Å². The number of carboxylic acid groups (broad SMARTS) is 1. The first-order chi connectivity index (χ1) is 20.3. The molecule has 2 aromatic heterocycles. The number of hydrogen-bond donors (Lipinski definition) is 3. The molecule has 2 aromatic carbocycles. The molecule has 1 aliphatic rings. The number of carbonyl (C=O) groups excluding carboxylic acids is 1. The Hall–Kier alpha value is -4.67. The van der Waals surface area contributed by atoms with E-state index >= 15 is 0 Å². The van der Waals surface area contributed by atoms with Gasteiger partial charge in [-0.05, 0) is 87.1 Å². The topological polar surface area (TPSA) is 124 Å². The third kappa shape index (κ3) is 9.18. The predicted molar refractivity (Wildman–Crippen MR) is 165 cm³/mol. The molecule has 0 unspecified atom stereocenters. The van der Waals surface area contributed by atoms with Crippen LogP contribution in [0.2, 0.25) is 0 Å². The van der Waals surface area contributed by atoms with Gasteiger partial charge in [0.15, 0.2) is 0 Å². The van der Waals surface area contributed by atoms with Gasteiger partial charge in [-0.2, -0.15) is 0 Å². The van der Waals surface area contributed by atoms with E-state index in [2.05, 4.69) is 54.6 Å². The van der Waals surface area contributed by atoms with Crippen LogP contribution in [0.1, 0.15) is 34.8 Å². The van der Waals surface area contributed by atoms with Gasteiger partial charge in [0.25, 0.3) is 11.9 Å². The number of benzene rings is 2. The van der Waals surface area contributed by atoms with Crippen molar-refractivity contribution in [1.29, 1.82) is 0 Å². The molecular weight excluding hydrogens is 530 g/mol. The number of amides is 1. The first kappa shape index (κ1) is 30.3. The van der Waals surface area contributed by atoms with Crippen molar-refractivity contribution in [3.63, 3.8) is 0 Å². The summed E-state index contributed by atoms with van der Waals surface area (Å²) in [5.74, 6) is -0.498. The van der Waals surface area contributed by atoms with E-state index in [0.29, 0.717) is 17.2 Å². The highest BCUT2D eigenvalue weighted by molar-refractivity contribution is 6.04. The van der Waals surface area contributed by atoms with E-state index in [-0.39, 0.29) is 5.91 Å². The van der Waals surface area contributed by atoms with Crippen molar-refractivity contribution in [3.05, 3.63) is 95.9 Å². The number of nitrogens with zero attached hydrogens (tertiary/aromatic N) is 5. The Morgan fingerprint density at radius 2 is 1.76 bits per heavy atom. The summed E-state index contributed by atoms with van der Waals surface area (Å²) in [4.78, 5) is 40.0. The summed E-state index contributed by atoms with van der Waals surface area (Å²) in [6, 6.07) is 19.4. The number of aliphatic carboxylic acids is 1. The van der Waals surface area contributed by atoms with Gasteiger partial charge in [0.05, 0.1) is 5.69 Å².